The van der Waals surface area contributed by atoms with E-state index in [2.05, 4.69) is 5.32 Å². The summed E-state index contributed by atoms with van der Waals surface area (Å²) in [5, 5.41) is 3.02. The summed E-state index contributed by atoms with van der Waals surface area (Å²) in [4.78, 5) is 12.2. The Kier molecular flexibility index (Phi) is 5.48. The molecule has 0 atom stereocenters. The van der Waals surface area contributed by atoms with E-state index in [9.17, 15) is 4.79 Å². The van der Waals surface area contributed by atoms with Gasteiger partial charge in [0.2, 0.25) is 0 Å². The Balaban J connectivity index is 1.43. The lowest BCUT2D eigenvalue weighted by Crippen LogP contribution is -2.25. The molecule has 0 saturated carbocycles. The molecule has 23 heavy (non-hydrogen) atoms. The maximum Gasteiger partial charge on any atom is 0.251 e. The van der Waals surface area contributed by atoms with Crippen LogP contribution in [0.25, 0.3) is 5.69 Å². The lowest BCUT2D eigenvalue weighted by atomic mass is 9.95. The number of benzene rings is 1. The van der Waals surface area contributed by atoms with Crippen LogP contribution in [0.1, 0.15) is 36.0 Å². The van der Waals surface area contributed by atoms with Gasteiger partial charge in [-0.2, -0.15) is 0 Å². The van der Waals surface area contributed by atoms with Crippen molar-refractivity contribution in [2.45, 2.75) is 25.7 Å². The predicted octanol–water partition coefficient (Wildman–Crippen LogP) is 3.41. The fourth-order valence-electron chi connectivity index (χ4n) is 3.02. The van der Waals surface area contributed by atoms with Gasteiger partial charge in [0, 0.05) is 43.4 Å². The van der Waals surface area contributed by atoms with E-state index in [4.69, 9.17) is 4.74 Å². The number of ether oxygens (including phenoxy) is 1. The van der Waals surface area contributed by atoms with E-state index in [-0.39, 0.29) is 5.91 Å². The van der Waals surface area contributed by atoms with Crippen molar-refractivity contribution in [1.82, 2.24) is 9.88 Å². The van der Waals surface area contributed by atoms with Crippen molar-refractivity contribution in [2.24, 2.45) is 5.92 Å². The molecule has 1 amide bonds. The largest absolute Gasteiger partial charge is 0.381 e. The minimum absolute atomic E-state index is 0.0102. The molecule has 1 aliphatic rings. The van der Waals surface area contributed by atoms with E-state index in [1.54, 1.807) is 0 Å². The molecular formula is C19H24N2O2. The van der Waals surface area contributed by atoms with Crippen LogP contribution in [-0.2, 0) is 4.74 Å². The molecule has 2 heterocycles. The molecule has 0 bridgehead atoms. The molecule has 122 valence electrons. The standard InChI is InChI=1S/C19H24N2O2/c22-19(20-11-3-4-16-9-14-23-15-10-16)17-5-7-18(8-6-17)21-12-1-2-13-21/h1-2,5-8,12-13,16H,3-4,9-11,14-15H2,(H,20,22). The minimum atomic E-state index is 0.0102. The van der Waals surface area contributed by atoms with E-state index in [0.29, 0.717) is 5.56 Å². The van der Waals surface area contributed by atoms with Crippen LogP contribution in [-0.4, -0.2) is 30.2 Å². The minimum Gasteiger partial charge on any atom is -0.381 e. The van der Waals surface area contributed by atoms with Crippen LogP contribution in [0.4, 0.5) is 0 Å². The molecule has 0 spiro atoms. The van der Waals surface area contributed by atoms with Crippen LogP contribution >= 0.6 is 0 Å². The molecule has 2 aromatic rings. The van der Waals surface area contributed by atoms with Gasteiger partial charge in [-0.05, 0) is 68.0 Å². The van der Waals surface area contributed by atoms with Crippen LogP contribution in [0.15, 0.2) is 48.8 Å². The van der Waals surface area contributed by atoms with E-state index < -0.39 is 0 Å². The third kappa shape index (κ3) is 4.45. The summed E-state index contributed by atoms with van der Waals surface area (Å²) in [6.45, 7) is 2.53. The van der Waals surface area contributed by atoms with Crippen molar-refractivity contribution in [2.75, 3.05) is 19.8 Å². The zero-order valence-electron chi connectivity index (χ0n) is 13.4. The number of amides is 1. The van der Waals surface area contributed by atoms with Gasteiger partial charge < -0.3 is 14.6 Å². The number of hydrogen-bond donors (Lipinski definition) is 1. The third-order valence-electron chi connectivity index (χ3n) is 4.45. The summed E-state index contributed by atoms with van der Waals surface area (Å²) in [6, 6.07) is 11.7. The molecule has 4 nitrogen and oxygen atoms in total. The van der Waals surface area contributed by atoms with Crippen LogP contribution < -0.4 is 5.32 Å². The Hall–Kier alpha value is -2.07. The second kappa shape index (κ2) is 7.97. The molecule has 1 aliphatic heterocycles. The van der Waals surface area contributed by atoms with Crippen molar-refractivity contribution in [3.8, 4) is 5.69 Å². The summed E-state index contributed by atoms with van der Waals surface area (Å²) in [6.07, 6.45) is 8.52. The molecule has 0 aliphatic carbocycles. The average molecular weight is 312 g/mol. The van der Waals surface area contributed by atoms with Crippen LogP contribution in [0.2, 0.25) is 0 Å². The highest BCUT2D eigenvalue weighted by Gasteiger charge is 2.13. The van der Waals surface area contributed by atoms with Crippen molar-refractivity contribution >= 4 is 5.91 Å². The molecule has 1 saturated heterocycles. The lowest BCUT2D eigenvalue weighted by molar-refractivity contribution is 0.0631. The monoisotopic (exact) mass is 312 g/mol. The summed E-state index contributed by atoms with van der Waals surface area (Å²) < 4.78 is 7.39. The number of aromatic nitrogens is 1. The SMILES string of the molecule is O=C(NCCCC1CCOCC1)c1ccc(-n2cccc2)cc1. The number of rotatable bonds is 6. The van der Waals surface area contributed by atoms with Crippen molar-refractivity contribution < 1.29 is 9.53 Å². The normalized spacial score (nSPS) is 15.5. The Morgan fingerprint density at radius 3 is 2.52 bits per heavy atom. The molecule has 3 rings (SSSR count). The fourth-order valence-corrected chi connectivity index (χ4v) is 3.02. The lowest BCUT2D eigenvalue weighted by Gasteiger charge is -2.21. The van der Waals surface area contributed by atoms with E-state index in [0.717, 1.165) is 50.6 Å². The summed E-state index contributed by atoms with van der Waals surface area (Å²) in [7, 11) is 0. The number of nitrogens with one attached hydrogen (secondary N) is 1. The first-order valence-corrected chi connectivity index (χ1v) is 8.42. The molecule has 0 radical (unpaired) electrons. The molecule has 1 fully saturated rings. The molecule has 4 heteroatoms. The maximum atomic E-state index is 12.2. The first kappa shape index (κ1) is 15.8. The summed E-state index contributed by atoms with van der Waals surface area (Å²) >= 11 is 0. The zero-order valence-corrected chi connectivity index (χ0v) is 13.4. The van der Waals surface area contributed by atoms with Gasteiger partial charge in [-0.3, -0.25) is 4.79 Å². The van der Waals surface area contributed by atoms with Gasteiger partial charge in [0.25, 0.3) is 5.91 Å². The second-order valence-electron chi connectivity index (χ2n) is 6.09. The molecule has 1 aromatic carbocycles. The van der Waals surface area contributed by atoms with Crippen molar-refractivity contribution in [3.63, 3.8) is 0 Å². The summed E-state index contributed by atoms with van der Waals surface area (Å²) in [5.41, 5.74) is 1.78. The van der Waals surface area contributed by atoms with E-state index >= 15 is 0 Å². The Labute approximate surface area is 137 Å². The van der Waals surface area contributed by atoms with Crippen LogP contribution in [0.3, 0.4) is 0 Å². The van der Waals surface area contributed by atoms with Gasteiger partial charge in [0.15, 0.2) is 0 Å². The Morgan fingerprint density at radius 2 is 1.83 bits per heavy atom. The first-order valence-electron chi connectivity index (χ1n) is 8.42. The highest BCUT2D eigenvalue weighted by Crippen LogP contribution is 2.19. The van der Waals surface area contributed by atoms with Crippen LogP contribution in [0, 0.1) is 5.92 Å². The van der Waals surface area contributed by atoms with Gasteiger partial charge in [0.1, 0.15) is 0 Å². The molecular weight excluding hydrogens is 288 g/mol. The smallest absolute Gasteiger partial charge is 0.251 e. The highest BCUT2D eigenvalue weighted by atomic mass is 16.5. The van der Waals surface area contributed by atoms with E-state index in [1.807, 2.05) is 53.4 Å². The van der Waals surface area contributed by atoms with Crippen molar-refractivity contribution in [1.29, 1.82) is 0 Å². The Bertz CT molecular complexity index is 599. The van der Waals surface area contributed by atoms with Gasteiger partial charge >= 0.3 is 0 Å². The van der Waals surface area contributed by atoms with Gasteiger partial charge in [-0.15, -0.1) is 0 Å². The predicted molar refractivity (Wildman–Crippen MR) is 90.9 cm³/mol. The molecule has 1 N–H and O–H groups in total. The molecule has 0 unspecified atom stereocenters. The maximum absolute atomic E-state index is 12.2. The zero-order chi connectivity index (χ0) is 15.9. The number of carbonyl (C=O) groups is 1. The fraction of sp³-hybridized carbons (Fsp3) is 0.421. The highest BCUT2D eigenvalue weighted by molar-refractivity contribution is 5.94. The number of nitrogens with zero attached hydrogens (tertiary/aromatic N) is 1. The third-order valence-corrected chi connectivity index (χ3v) is 4.45. The van der Waals surface area contributed by atoms with Gasteiger partial charge in [-0.1, -0.05) is 0 Å². The quantitative estimate of drug-likeness (QED) is 0.831. The van der Waals surface area contributed by atoms with Gasteiger partial charge in [-0.25, -0.2) is 0 Å². The first-order chi connectivity index (χ1) is 11.3. The summed E-state index contributed by atoms with van der Waals surface area (Å²) in [5.74, 6) is 0.775. The molecule has 1 aromatic heterocycles. The van der Waals surface area contributed by atoms with Gasteiger partial charge in [0.05, 0.1) is 0 Å². The van der Waals surface area contributed by atoms with Crippen molar-refractivity contribution in [3.05, 3.63) is 54.4 Å². The van der Waals surface area contributed by atoms with Crippen LogP contribution in [0.5, 0.6) is 0 Å². The average Bonchev–Trinajstić information content (AvgIpc) is 3.14. The number of carbonyl (C=O) groups excluding carboxylic acids is 1. The Morgan fingerprint density at radius 1 is 1.13 bits per heavy atom. The van der Waals surface area contributed by atoms with E-state index in [1.165, 1.54) is 6.42 Å². The number of hydrogen-bond acceptors (Lipinski definition) is 2. The topological polar surface area (TPSA) is 43.3 Å². The second-order valence-corrected chi connectivity index (χ2v) is 6.09.